The van der Waals surface area contributed by atoms with E-state index in [9.17, 15) is 13.2 Å². The minimum atomic E-state index is -4.33. The van der Waals surface area contributed by atoms with Crippen molar-refractivity contribution < 1.29 is 13.2 Å². The summed E-state index contributed by atoms with van der Waals surface area (Å²) in [5.74, 6) is 0. The predicted molar refractivity (Wildman–Crippen MR) is 74.6 cm³/mol. The van der Waals surface area contributed by atoms with Gasteiger partial charge >= 0.3 is 6.18 Å². The van der Waals surface area contributed by atoms with Crippen LogP contribution in [0.2, 0.25) is 0 Å². The highest BCUT2D eigenvalue weighted by Crippen LogP contribution is 2.33. The van der Waals surface area contributed by atoms with Gasteiger partial charge in [-0.15, -0.1) is 11.3 Å². The van der Waals surface area contributed by atoms with E-state index in [1.807, 2.05) is 19.2 Å². The number of nitrogens with zero attached hydrogens (tertiary/aromatic N) is 1. The average molecular weight is 300 g/mol. The molecular formula is C14H15F3N2S. The van der Waals surface area contributed by atoms with Crippen LogP contribution in [0.25, 0.3) is 10.6 Å². The Balaban J connectivity index is 2.28. The Bertz CT molecular complexity index is 578. The van der Waals surface area contributed by atoms with Crippen molar-refractivity contribution in [3.63, 3.8) is 0 Å². The summed E-state index contributed by atoms with van der Waals surface area (Å²) in [5, 5.41) is 5.71. The number of thiazole rings is 1. The predicted octanol–water partition coefficient (Wildman–Crippen LogP) is 4.50. The van der Waals surface area contributed by atoms with Crippen molar-refractivity contribution in [2.24, 2.45) is 0 Å². The van der Waals surface area contributed by atoms with Crippen molar-refractivity contribution in [3.8, 4) is 10.6 Å². The van der Waals surface area contributed by atoms with E-state index >= 15 is 0 Å². The van der Waals surface area contributed by atoms with Crippen LogP contribution in [0.3, 0.4) is 0 Å². The standard InChI is InChI=1S/C14H15F3N2S/c1-3-18-9(2)12-8-20-13(19-12)10-5-4-6-11(7-10)14(15,16)17/h4-9,18H,3H2,1-2H3. The number of nitrogens with one attached hydrogen (secondary N) is 1. The Labute approximate surface area is 119 Å². The highest BCUT2D eigenvalue weighted by molar-refractivity contribution is 7.13. The molecule has 2 rings (SSSR count). The van der Waals surface area contributed by atoms with Crippen LogP contribution in [0.4, 0.5) is 13.2 Å². The van der Waals surface area contributed by atoms with Crippen LogP contribution in [-0.2, 0) is 6.18 Å². The maximum absolute atomic E-state index is 12.7. The van der Waals surface area contributed by atoms with Gasteiger partial charge in [0.1, 0.15) is 5.01 Å². The number of rotatable bonds is 4. The Hall–Kier alpha value is -1.40. The van der Waals surface area contributed by atoms with Crippen LogP contribution in [0, 0.1) is 0 Å². The van der Waals surface area contributed by atoms with Crippen molar-refractivity contribution >= 4 is 11.3 Å². The third kappa shape index (κ3) is 3.37. The van der Waals surface area contributed by atoms with Crippen LogP contribution in [-0.4, -0.2) is 11.5 Å². The van der Waals surface area contributed by atoms with Crippen LogP contribution in [0.1, 0.15) is 31.1 Å². The molecule has 1 heterocycles. The molecule has 6 heteroatoms. The zero-order chi connectivity index (χ0) is 14.8. The number of halogens is 3. The Kier molecular flexibility index (Phi) is 4.45. The highest BCUT2D eigenvalue weighted by atomic mass is 32.1. The van der Waals surface area contributed by atoms with Gasteiger partial charge in [0.05, 0.1) is 11.3 Å². The van der Waals surface area contributed by atoms with E-state index in [2.05, 4.69) is 10.3 Å². The van der Waals surface area contributed by atoms with Gasteiger partial charge in [0.2, 0.25) is 0 Å². The molecule has 1 aromatic heterocycles. The van der Waals surface area contributed by atoms with Gasteiger partial charge in [-0.25, -0.2) is 4.98 Å². The van der Waals surface area contributed by atoms with E-state index in [4.69, 9.17) is 0 Å². The molecule has 108 valence electrons. The van der Waals surface area contributed by atoms with Crippen molar-refractivity contribution in [1.29, 1.82) is 0 Å². The van der Waals surface area contributed by atoms with E-state index in [0.29, 0.717) is 10.6 Å². The molecule has 0 radical (unpaired) electrons. The third-order valence-corrected chi connectivity index (χ3v) is 3.82. The lowest BCUT2D eigenvalue weighted by Crippen LogP contribution is -2.17. The smallest absolute Gasteiger partial charge is 0.309 e. The quantitative estimate of drug-likeness (QED) is 0.899. The first-order valence-corrected chi connectivity index (χ1v) is 7.16. The summed E-state index contributed by atoms with van der Waals surface area (Å²) in [6.07, 6.45) is -4.33. The topological polar surface area (TPSA) is 24.9 Å². The first kappa shape index (κ1) is 15.0. The van der Waals surface area contributed by atoms with Crippen LogP contribution in [0.15, 0.2) is 29.6 Å². The second-order valence-electron chi connectivity index (χ2n) is 4.44. The molecule has 0 aliphatic carbocycles. The Morgan fingerprint density at radius 3 is 2.75 bits per heavy atom. The van der Waals surface area contributed by atoms with Gasteiger partial charge in [0.15, 0.2) is 0 Å². The second kappa shape index (κ2) is 5.93. The number of hydrogen-bond donors (Lipinski definition) is 1. The molecule has 20 heavy (non-hydrogen) atoms. The van der Waals surface area contributed by atoms with Gasteiger partial charge in [-0.3, -0.25) is 0 Å². The van der Waals surface area contributed by atoms with Crippen molar-refractivity contribution in [2.45, 2.75) is 26.1 Å². The average Bonchev–Trinajstić information content (AvgIpc) is 2.88. The molecule has 0 amide bonds. The monoisotopic (exact) mass is 300 g/mol. The minimum Gasteiger partial charge on any atom is -0.309 e. The molecule has 1 atom stereocenters. The van der Waals surface area contributed by atoms with E-state index in [-0.39, 0.29) is 6.04 Å². The first-order valence-electron chi connectivity index (χ1n) is 6.28. The molecule has 2 aromatic rings. The van der Waals surface area contributed by atoms with Crippen LogP contribution < -0.4 is 5.32 Å². The fourth-order valence-electron chi connectivity index (χ4n) is 1.86. The van der Waals surface area contributed by atoms with Gasteiger partial charge in [-0.1, -0.05) is 19.1 Å². The molecule has 0 saturated heterocycles. The maximum Gasteiger partial charge on any atom is 0.416 e. The molecular weight excluding hydrogens is 285 g/mol. The third-order valence-electron chi connectivity index (χ3n) is 2.91. The zero-order valence-electron chi connectivity index (χ0n) is 11.2. The summed E-state index contributed by atoms with van der Waals surface area (Å²) in [6.45, 7) is 4.79. The molecule has 1 N–H and O–H groups in total. The fraction of sp³-hybridized carbons (Fsp3) is 0.357. The van der Waals surface area contributed by atoms with Gasteiger partial charge in [-0.2, -0.15) is 13.2 Å². The van der Waals surface area contributed by atoms with Crippen molar-refractivity contribution in [3.05, 3.63) is 40.9 Å². The molecule has 2 nitrogen and oxygen atoms in total. The van der Waals surface area contributed by atoms with Crippen LogP contribution in [0.5, 0.6) is 0 Å². The van der Waals surface area contributed by atoms with E-state index < -0.39 is 11.7 Å². The molecule has 0 bridgehead atoms. The molecule has 0 fully saturated rings. The van der Waals surface area contributed by atoms with Crippen molar-refractivity contribution in [1.82, 2.24) is 10.3 Å². The fourth-order valence-corrected chi connectivity index (χ4v) is 2.77. The summed E-state index contributed by atoms with van der Waals surface area (Å²) in [6, 6.07) is 5.36. The van der Waals surface area contributed by atoms with Crippen LogP contribution >= 0.6 is 11.3 Å². The summed E-state index contributed by atoms with van der Waals surface area (Å²) >= 11 is 1.36. The van der Waals surface area contributed by atoms with Gasteiger partial charge in [-0.05, 0) is 25.6 Å². The molecule has 0 aliphatic rings. The maximum atomic E-state index is 12.7. The largest absolute Gasteiger partial charge is 0.416 e. The minimum absolute atomic E-state index is 0.0933. The molecule has 0 aliphatic heterocycles. The van der Waals surface area contributed by atoms with E-state index in [1.54, 1.807) is 6.07 Å². The first-order chi connectivity index (χ1) is 9.41. The lowest BCUT2D eigenvalue weighted by Gasteiger charge is -2.09. The van der Waals surface area contributed by atoms with E-state index in [1.165, 1.54) is 17.4 Å². The van der Waals surface area contributed by atoms with Gasteiger partial charge in [0.25, 0.3) is 0 Å². The summed E-state index contributed by atoms with van der Waals surface area (Å²) in [4.78, 5) is 4.41. The summed E-state index contributed by atoms with van der Waals surface area (Å²) < 4.78 is 38.1. The van der Waals surface area contributed by atoms with Crippen molar-refractivity contribution in [2.75, 3.05) is 6.54 Å². The Morgan fingerprint density at radius 1 is 1.35 bits per heavy atom. The number of hydrogen-bond acceptors (Lipinski definition) is 3. The SMILES string of the molecule is CCNC(C)c1csc(-c2cccc(C(F)(F)F)c2)n1. The zero-order valence-corrected chi connectivity index (χ0v) is 12.0. The number of aromatic nitrogens is 1. The second-order valence-corrected chi connectivity index (χ2v) is 5.29. The summed E-state index contributed by atoms with van der Waals surface area (Å²) in [7, 11) is 0. The molecule has 1 unspecified atom stereocenters. The molecule has 0 spiro atoms. The normalized spacial score (nSPS) is 13.4. The highest BCUT2D eigenvalue weighted by Gasteiger charge is 2.30. The lowest BCUT2D eigenvalue weighted by molar-refractivity contribution is -0.137. The van der Waals surface area contributed by atoms with E-state index in [0.717, 1.165) is 24.4 Å². The number of benzene rings is 1. The number of alkyl halides is 3. The lowest BCUT2D eigenvalue weighted by atomic mass is 10.1. The van der Waals surface area contributed by atoms with Gasteiger partial charge in [0, 0.05) is 17.0 Å². The molecule has 1 aromatic carbocycles. The molecule has 0 saturated carbocycles. The summed E-state index contributed by atoms with van der Waals surface area (Å²) in [5.41, 5.74) is 0.704. The van der Waals surface area contributed by atoms with Gasteiger partial charge < -0.3 is 5.32 Å². The Morgan fingerprint density at radius 2 is 2.10 bits per heavy atom.